The molecule has 0 radical (unpaired) electrons. The fourth-order valence-corrected chi connectivity index (χ4v) is 3.45. The second-order valence-electron chi connectivity index (χ2n) is 6.31. The van der Waals surface area contributed by atoms with Crippen LogP contribution in [0.3, 0.4) is 0 Å². The number of nitrogens with zero attached hydrogens (tertiary/aromatic N) is 1. The summed E-state index contributed by atoms with van der Waals surface area (Å²) in [5.74, 6) is 0.586. The molecule has 1 heterocycles. The van der Waals surface area contributed by atoms with Crippen LogP contribution in [0.1, 0.15) is 30.0 Å². The number of benzene rings is 2. The predicted octanol–water partition coefficient (Wildman–Crippen LogP) is 4.75. The molecule has 1 amide bonds. The van der Waals surface area contributed by atoms with E-state index in [0.717, 1.165) is 10.5 Å². The third-order valence-corrected chi connectivity index (χ3v) is 5.21. The fourth-order valence-electron chi connectivity index (χ4n) is 2.57. The standard InChI is InChI=1S/C23H22N2O4S/c1-3-28-23(27)18-11-9-17(10-12-18)21-14-13-19(29-21)15-24-25-22(26)16(2)30-20-7-5-4-6-8-20/h4-16H,3H2,1-2H3,(H,25,26)/b24-15-/t16-/m0/s1. The summed E-state index contributed by atoms with van der Waals surface area (Å²) >= 11 is 1.46. The largest absolute Gasteiger partial charge is 0.462 e. The van der Waals surface area contributed by atoms with Crippen LogP contribution in [0, 0.1) is 0 Å². The molecule has 3 rings (SSSR count). The Bertz CT molecular complexity index is 1010. The number of thioether (sulfide) groups is 1. The van der Waals surface area contributed by atoms with Crippen LogP contribution >= 0.6 is 11.8 Å². The zero-order chi connectivity index (χ0) is 21.3. The first-order valence-electron chi connectivity index (χ1n) is 9.49. The van der Waals surface area contributed by atoms with Gasteiger partial charge in [-0.15, -0.1) is 11.8 Å². The predicted molar refractivity (Wildman–Crippen MR) is 118 cm³/mol. The lowest BCUT2D eigenvalue weighted by Crippen LogP contribution is -2.26. The SMILES string of the molecule is CCOC(=O)c1ccc(-c2ccc(/C=N\NC(=O)[C@H](C)Sc3ccccc3)o2)cc1. The van der Waals surface area contributed by atoms with Gasteiger partial charge in [0.2, 0.25) is 0 Å². The van der Waals surface area contributed by atoms with Gasteiger partial charge in [0.25, 0.3) is 5.91 Å². The number of furan rings is 1. The molecule has 2 aromatic carbocycles. The van der Waals surface area contributed by atoms with Gasteiger partial charge in [0, 0.05) is 10.5 Å². The van der Waals surface area contributed by atoms with Gasteiger partial charge in [-0.05, 0) is 50.2 Å². The van der Waals surface area contributed by atoms with Crippen molar-refractivity contribution in [2.75, 3.05) is 6.61 Å². The zero-order valence-corrected chi connectivity index (χ0v) is 17.5. The van der Waals surface area contributed by atoms with E-state index in [4.69, 9.17) is 9.15 Å². The average Bonchev–Trinajstić information content (AvgIpc) is 3.23. The summed E-state index contributed by atoms with van der Waals surface area (Å²) in [5, 5.41) is 3.69. The van der Waals surface area contributed by atoms with Gasteiger partial charge in [0.1, 0.15) is 11.5 Å². The Morgan fingerprint density at radius 1 is 1.10 bits per heavy atom. The molecule has 0 spiro atoms. The highest BCUT2D eigenvalue weighted by atomic mass is 32.2. The Hall–Kier alpha value is -3.32. The molecular weight excluding hydrogens is 400 g/mol. The van der Waals surface area contributed by atoms with Gasteiger partial charge in [-0.2, -0.15) is 5.10 Å². The van der Waals surface area contributed by atoms with E-state index < -0.39 is 0 Å². The normalized spacial score (nSPS) is 11.9. The number of hydrogen-bond acceptors (Lipinski definition) is 6. The van der Waals surface area contributed by atoms with Crippen molar-refractivity contribution in [3.63, 3.8) is 0 Å². The molecule has 0 saturated heterocycles. The van der Waals surface area contributed by atoms with Crippen molar-refractivity contribution in [3.05, 3.63) is 78.1 Å². The van der Waals surface area contributed by atoms with E-state index in [9.17, 15) is 9.59 Å². The maximum atomic E-state index is 12.2. The molecule has 0 bridgehead atoms. The number of amides is 1. The van der Waals surface area contributed by atoms with Gasteiger partial charge in [0.15, 0.2) is 0 Å². The number of esters is 1. The molecule has 0 unspecified atom stereocenters. The molecule has 0 aliphatic carbocycles. The van der Waals surface area contributed by atoms with E-state index in [2.05, 4.69) is 10.5 Å². The first-order valence-corrected chi connectivity index (χ1v) is 10.4. The lowest BCUT2D eigenvalue weighted by Gasteiger charge is -2.08. The number of hydrogen-bond donors (Lipinski definition) is 1. The van der Waals surface area contributed by atoms with Crippen molar-refractivity contribution in [2.45, 2.75) is 24.0 Å². The lowest BCUT2D eigenvalue weighted by molar-refractivity contribution is -0.120. The summed E-state index contributed by atoms with van der Waals surface area (Å²) in [7, 11) is 0. The lowest BCUT2D eigenvalue weighted by atomic mass is 10.1. The van der Waals surface area contributed by atoms with Crippen LogP contribution in [0.25, 0.3) is 11.3 Å². The van der Waals surface area contributed by atoms with Gasteiger partial charge in [0.05, 0.1) is 23.6 Å². The van der Waals surface area contributed by atoms with Gasteiger partial charge in [-0.25, -0.2) is 10.2 Å². The van der Waals surface area contributed by atoms with Crippen molar-refractivity contribution in [1.82, 2.24) is 5.43 Å². The van der Waals surface area contributed by atoms with Crippen LogP contribution in [-0.4, -0.2) is 29.9 Å². The molecule has 0 fully saturated rings. The molecule has 30 heavy (non-hydrogen) atoms. The summed E-state index contributed by atoms with van der Waals surface area (Å²) < 4.78 is 10.7. The molecule has 0 saturated carbocycles. The van der Waals surface area contributed by atoms with Crippen LogP contribution in [0.5, 0.6) is 0 Å². The van der Waals surface area contributed by atoms with Crippen molar-refractivity contribution in [3.8, 4) is 11.3 Å². The highest BCUT2D eigenvalue weighted by Crippen LogP contribution is 2.23. The minimum Gasteiger partial charge on any atom is -0.462 e. The molecule has 0 aliphatic rings. The molecule has 1 atom stereocenters. The Kier molecular flexibility index (Phi) is 7.45. The third-order valence-electron chi connectivity index (χ3n) is 4.10. The van der Waals surface area contributed by atoms with Gasteiger partial charge in [-0.1, -0.05) is 30.3 Å². The fraction of sp³-hybridized carbons (Fsp3) is 0.174. The van der Waals surface area contributed by atoms with Crippen LogP contribution in [0.2, 0.25) is 0 Å². The second kappa shape index (κ2) is 10.5. The van der Waals surface area contributed by atoms with E-state index in [1.165, 1.54) is 18.0 Å². The third kappa shape index (κ3) is 5.84. The summed E-state index contributed by atoms with van der Waals surface area (Å²) in [6.07, 6.45) is 1.45. The summed E-state index contributed by atoms with van der Waals surface area (Å²) in [6, 6.07) is 20.2. The first-order chi connectivity index (χ1) is 14.6. The maximum absolute atomic E-state index is 12.2. The minimum atomic E-state index is -0.355. The van der Waals surface area contributed by atoms with Crippen LogP contribution in [-0.2, 0) is 9.53 Å². The van der Waals surface area contributed by atoms with Crippen molar-refractivity contribution < 1.29 is 18.7 Å². The topological polar surface area (TPSA) is 80.9 Å². The Morgan fingerprint density at radius 3 is 2.53 bits per heavy atom. The number of carbonyl (C=O) groups excluding carboxylic acids is 2. The Balaban J connectivity index is 1.55. The summed E-state index contributed by atoms with van der Waals surface area (Å²) in [6.45, 7) is 3.93. The average molecular weight is 423 g/mol. The zero-order valence-electron chi connectivity index (χ0n) is 16.7. The second-order valence-corrected chi connectivity index (χ2v) is 7.72. The monoisotopic (exact) mass is 422 g/mol. The van der Waals surface area contributed by atoms with Gasteiger partial charge >= 0.3 is 5.97 Å². The number of rotatable bonds is 8. The molecule has 1 N–H and O–H groups in total. The molecule has 154 valence electrons. The quantitative estimate of drug-likeness (QED) is 0.245. The van der Waals surface area contributed by atoms with Crippen LogP contribution < -0.4 is 5.43 Å². The minimum absolute atomic E-state index is 0.193. The number of carbonyl (C=O) groups is 2. The van der Waals surface area contributed by atoms with E-state index in [0.29, 0.717) is 23.7 Å². The van der Waals surface area contributed by atoms with Crippen molar-refractivity contribution >= 4 is 29.9 Å². The van der Waals surface area contributed by atoms with E-state index >= 15 is 0 Å². The van der Waals surface area contributed by atoms with E-state index in [1.807, 2.05) is 37.3 Å². The summed E-state index contributed by atoms with van der Waals surface area (Å²) in [4.78, 5) is 24.9. The number of ether oxygens (including phenoxy) is 1. The van der Waals surface area contributed by atoms with E-state index in [-0.39, 0.29) is 17.1 Å². The smallest absolute Gasteiger partial charge is 0.338 e. The van der Waals surface area contributed by atoms with Crippen LogP contribution in [0.15, 0.2) is 81.1 Å². The van der Waals surface area contributed by atoms with Crippen molar-refractivity contribution in [2.24, 2.45) is 5.10 Å². The molecule has 0 aliphatic heterocycles. The van der Waals surface area contributed by atoms with Gasteiger partial charge < -0.3 is 9.15 Å². The van der Waals surface area contributed by atoms with Gasteiger partial charge in [-0.3, -0.25) is 4.79 Å². The molecule has 6 nitrogen and oxygen atoms in total. The highest BCUT2D eigenvalue weighted by Gasteiger charge is 2.13. The Labute approximate surface area is 179 Å². The molecular formula is C23H22N2O4S. The first kappa shape index (κ1) is 21.4. The molecule has 1 aromatic heterocycles. The Morgan fingerprint density at radius 2 is 1.83 bits per heavy atom. The summed E-state index contributed by atoms with van der Waals surface area (Å²) in [5.41, 5.74) is 3.83. The number of hydrazone groups is 1. The van der Waals surface area contributed by atoms with Crippen LogP contribution in [0.4, 0.5) is 0 Å². The van der Waals surface area contributed by atoms with Crippen molar-refractivity contribution in [1.29, 1.82) is 0 Å². The molecule has 7 heteroatoms. The van der Waals surface area contributed by atoms with E-state index in [1.54, 1.807) is 43.3 Å². The maximum Gasteiger partial charge on any atom is 0.338 e. The molecule has 3 aromatic rings. The number of nitrogens with one attached hydrogen (secondary N) is 1. The highest BCUT2D eigenvalue weighted by molar-refractivity contribution is 8.00.